The van der Waals surface area contributed by atoms with Crippen LogP contribution < -0.4 is 5.32 Å². The van der Waals surface area contributed by atoms with Gasteiger partial charge in [-0.3, -0.25) is 9.78 Å². The molecule has 0 atom stereocenters. The van der Waals surface area contributed by atoms with Crippen molar-refractivity contribution >= 4 is 29.0 Å². The Morgan fingerprint density at radius 1 is 0.879 bits per heavy atom. The van der Waals surface area contributed by atoms with Crippen molar-refractivity contribution < 1.29 is 4.79 Å². The van der Waals surface area contributed by atoms with Crippen molar-refractivity contribution in [1.29, 1.82) is 0 Å². The summed E-state index contributed by atoms with van der Waals surface area (Å²) in [6.45, 7) is 0. The molecular formula is C25H20N6OS. The summed E-state index contributed by atoms with van der Waals surface area (Å²) in [5.41, 5.74) is 4.90. The second-order valence-corrected chi connectivity index (χ2v) is 8.32. The molecule has 162 valence electrons. The summed E-state index contributed by atoms with van der Waals surface area (Å²) in [6, 6.07) is 27.2. The summed E-state index contributed by atoms with van der Waals surface area (Å²) in [7, 11) is 0. The topological polar surface area (TPSA) is 85.1 Å². The van der Waals surface area contributed by atoms with Crippen LogP contribution in [0, 0.1) is 0 Å². The third-order valence-corrected chi connectivity index (χ3v) is 5.95. The molecule has 3 heterocycles. The second kappa shape index (κ2) is 9.62. The van der Waals surface area contributed by atoms with Gasteiger partial charge in [0.15, 0.2) is 5.65 Å². The van der Waals surface area contributed by atoms with Crippen molar-refractivity contribution in [2.45, 2.75) is 5.75 Å². The molecule has 7 nitrogen and oxygen atoms in total. The fourth-order valence-electron chi connectivity index (χ4n) is 3.39. The first-order chi connectivity index (χ1) is 16.3. The van der Waals surface area contributed by atoms with Crippen LogP contribution in [0.25, 0.3) is 28.4 Å². The lowest BCUT2D eigenvalue weighted by Gasteiger charge is -2.08. The molecule has 0 unspecified atom stereocenters. The van der Waals surface area contributed by atoms with Crippen LogP contribution in [0.4, 0.5) is 5.69 Å². The third-order valence-electron chi connectivity index (χ3n) is 4.94. The van der Waals surface area contributed by atoms with E-state index in [1.54, 1.807) is 22.5 Å². The molecular weight excluding hydrogens is 432 g/mol. The first-order valence-electron chi connectivity index (χ1n) is 10.4. The number of hydrogen-bond acceptors (Lipinski definition) is 6. The number of pyridine rings is 1. The number of rotatable bonds is 7. The van der Waals surface area contributed by atoms with E-state index in [9.17, 15) is 4.79 Å². The zero-order valence-electron chi connectivity index (χ0n) is 17.6. The average Bonchev–Trinajstić information content (AvgIpc) is 3.29. The van der Waals surface area contributed by atoms with Crippen LogP contribution in [0.3, 0.4) is 0 Å². The van der Waals surface area contributed by atoms with Gasteiger partial charge in [0.2, 0.25) is 11.7 Å². The highest BCUT2D eigenvalue weighted by Gasteiger charge is 2.12. The molecule has 0 aliphatic rings. The van der Waals surface area contributed by atoms with Crippen molar-refractivity contribution in [2.24, 2.45) is 0 Å². The number of carbonyl (C=O) groups is 1. The molecule has 33 heavy (non-hydrogen) atoms. The Kier molecular flexibility index (Phi) is 6.08. The van der Waals surface area contributed by atoms with E-state index >= 15 is 0 Å². The average molecular weight is 453 g/mol. The van der Waals surface area contributed by atoms with Crippen molar-refractivity contribution in [3.63, 3.8) is 0 Å². The number of amides is 1. The Labute approximate surface area is 194 Å². The third kappa shape index (κ3) is 4.91. The summed E-state index contributed by atoms with van der Waals surface area (Å²) in [6.07, 6.45) is 1.71. The van der Waals surface area contributed by atoms with Crippen LogP contribution in [-0.2, 0) is 10.5 Å². The van der Waals surface area contributed by atoms with Gasteiger partial charge < -0.3 is 5.32 Å². The quantitative estimate of drug-likeness (QED) is 0.384. The van der Waals surface area contributed by atoms with Crippen molar-refractivity contribution in [3.8, 4) is 22.8 Å². The maximum absolute atomic E-state index is 12.4. The second-order valence-electron chi connectivity index (χ2n) is 7.33. The number of fused-ring (bicyclic) bond motifs is 1. The molecule has 5 rings (SSSR count). The van der Waals surface area contributed by atoms with Gasteiger partial charge in [0.1, 0.15) is 5.69 Å². The minimum Gasteiger partial charge on any atom is -0.325 e. The maximum Gasteiger partial charge on any atom is 0.234 e. The molecule has 1 N–H and O–H groups in total. The summed E-state index contributed by atoms with van der Waals surface area (Å²) in [5.74, 6) is 1.73. The smallest absolute Gasteiger partial charge is 0.234 e. The molecule has 8 heteroatoms. The first kappa shape index (κ1) is 20.8. The van der Waals surface area contributed by atoms with Gasteiger partial charge in [-0.2, -0.15) is 9.61 Å². The number of aromatic nitrogens is 5. The molecule has 5 aromatic rings. The van der Waals surface area contributed by atoms with Crippen molar-refractivity contribution in [1.82, 2.24) is 24.8 Å². The Balaban J connectivity index is 1.31. The molecule has 0 fully saturated rings. The standard InChI is InChI=1S/C25H20N6OS/c32-24(17-33-16-18-7-2-1-3-8-18)27-20-10-6-9-19(15-20)21-12-13-23-28-29-25(31(23)30-21)22-11-4-5-14-26-22/h1-15H,16-17H2,(H,27,32). The lowest BCUT2D eigenvalue weighted by Crippen LogP contribution is -2.14. The zero-order chi connectivity index (χ0) is 22.5. The van der Waals surface area contributed by atoms with Gasteiger partial charge in [-0.25, -0.2) is 0 Å². The maximum atomic E-state index is 12.4. The molecule has 0 saturated heterocycles. The van der Waals surface area contributed by atoms with Gasteiger partial charge in [0.25, 0.3) is 0 Å². The lowest BCUT2D eigenvalue weighted by molar-refractivity contribution is -0.113. The molecule has 0 aliphatic carbocycles. The first-order valence-corrected chi connectivity index (χ1v) is 11.6. The van der Waals surface area contributed by atoms with E-state index < -0.39 is 0 Å². The van der Waals surface area contributed by atoms with E-state index in [1.807, 2.05) is 72.8 Å². The van der Waals surface area contributed by atoms with E-state index in [-0.39, 0.29) is 5.91 Å². The van der Waals surface area contributed by atoms with Crippen LogP contribution in [0.15, 0.2) is 91.1 Å². The van der Waals surface area contributed by atoms with Crippen LogP contribution in [-0.4, -0.2) is 36.5 Å². The minimum atomic E-state index is -0.0345. The molecule has 0 aliphatic heterocycles. The predicted molar refractivity (Wildman–Crippen MR) is 131 cm³/mol. The largest absolute Gasteiger partial charge is 0.325 e. The molecule has 0 saturated carbocycles. The molecule has 0 spiro atoms. The van der Waals surface area contributed by atoms with Gasteiger partial charge in [0.05, 0.1) is 11.4 Å². The number of anilines is 1. The number of benzene rings is 2. The monoisotopic (exact) mass is 452 g/mol. The van der Waals surface area contributed by atoms with Gasteiger partial charge >= 0.3 is 0 Å². The van der Waals surface area contributed by atoms with E-state index in [1.165, 1.54) is 5.56 Å². The summed E-state index contributed by atoms with van der Waals surface area (Å²) >= 11 is 1.59. The predicted octanol–water partition coefficient (Wildman–Crippen LogP) is 4.73. The molecule has 1 amide bonds. The SMILES string of the molecule is O=C(CSCc1ccccc1)Nc1cccc(-c2ccc3nnc(-c4ccccn4)n3n2)c1. The van der Waals surface area contributed by atoms with E-state index in [0.29, 0.717) is 22.9 Å². The highest BCUT2D eigenvalue weighted by Crippen LogP contribution is 2.23. The number of nitrogens with zero attached hydrogens (tertiary/aromatic N) is 5. The van der Waals surface area contributed by atoms with Crippen LogP contribution in [0.5, 0.6) is 0 Å². The summed E-state index contributed by atoms with van der Waals surface area (Å²) in [4.78, 5) is 16.8. The summed E-state index contributed by atoms with van der Waals surface area (Å²) in [5, 5.41) is 16.1. The highest BCUT2D eigenvalue weighted by atomic mass is 32.2. The Bertz CT molecular complexity index is 1390. The zero-order valence-corrected chi connectivity index (χ0v) is 18.4. The Hall–Kier alpha value is -4.04. The van der Waals surface area contributed by atoms with Crippen molar-refractivity contribution in [2.75, 3.05) is 11.1 Å². The highest BCUT2D eigenvalue weighted by molar-refractivity contribution is 7.99. The number of hydrogen-bond donors (Lipinski definition) is 1. The van der Waals surface area contributed by atoms with Gasteiger partial charge in [-0.05, 0) is 42.0 Å². The summed E-state index contributed by atoms with van der Waals surface area (Å²) < 4.78 is 1.68. The number of carbonyl (C=O) groups excluding carboxylic acids is 1. The molecule has 0 bridgehead atoms. The molecule has 2 aromatic carbocycles. The number of nitrogens with one attached hydrogen (secondary N) is 1. The van der Waals surface area contributed by atoms with Crippen molar-refractivity contribution in [3.05, 3.63) is 96.7 Å². The lowest BCUT2D eigenvalue weighted by atomic mass is 10.1. The fraction of sp³-hybridized carbons (Fsp3) is 0.0800. The van der Waals surface area contributed by atoms with Crippen LogP contribution >= 0.6 is 11.8 Å². The molecule has 3 aromatic heterocycles. The fourth-order valence-corrected chi connectivity index (χ4v) is 4.17. The van der Waals surface area contributed by atoms with Gasteiger partial charge in [0, 0.05) is 23.2 Å². The van der Waals surface area contributed by atoms with Crippen LogP contribution in [0.2, 0.25) is 0 Å². The number of thioether (sulfide) groups is 1. The van der Waals surface area contributed by atoms with Crippen LogP contribution in [0.1, 0.15) is 5.56 Å². The van der Waals surface area contributed by atoms with Gasteiger partial charge in [-0.1, -0.05) is 48.5 Å². The van der Waals surface area contributed by atoms with Gasteiger partial charge in [-0.15, -0.1) is 22.0 Å². The van der Waals surface area contributed by atoms with E-state index in [0.717, 1.165) is 22.7 Å². The molecule has 0 radical (unpaired) electrons. The van der Waals surface area contributed by atoms with E-state index in [2.05, 4.69) is 32.6 Å². The Morgan fingerprint density at radius 3 is 2.61 bits per heavy atom. The minimum absolute atomic E-state index is 0.0345. The Morgan fingerprint density at radius 2 is 1.76 bits per heavy atom. The van der Waals surface area contributed by atoms with E-state index in [4.69, 9.17) is 5.10 Å². The normalized spacial score (nSPS) is 10.9.